The molecule has 1 aromatic rings. The molecular formula is C18H24F3NO4. The number of amides is 1. The molecule has 0 aromatic heterocycles. The standard InChI is InChI=1S/C18H24F3NO4/c1-11(26-13-10-8-7-9-12(13)18(19,20)21)14(23)22-17(4,5)16(2,3)15(24)25-6/h7-11H,1-6H3,(H,22,23)/t11-/m0/s1. The van der Waals surface area contributed by atoms with Gasteiger partial charge in [0.05, 0.1) is 23.6 Å². The van der Waals surface area contributed by atoms with Crippen molar-refractivity contribution in [2.45, 2.75) is 52.4 Å². The van der Waals surface area contributed by atoms with Gasteiger partial charge >= 0.3 is 12.1 Å². The summed E-state index contributed by atoms with van der Waals surface area (Å²) >= 11 is 0. The van der Waals surface area contributed by atoms with Gasteiger partial charge in [0.1, 0.15) is 5.75 Å². The van der Waals surface area contributed by atoms with E-state index in [4.69, 9.17) is 9.47 Å². The number of benzene rings is 1. The molecule has 0 aliphatic carbocycles. The molecule has 0 aliphatic rings. The van der Waals surface area contributed by atoms with E-state index in [0.29, 0.717) is 0 Å². The highest BCUT2D eigenvalue weighted by Gasteiger charge is 2.46. The molecule has 0 heterocycles. The SMILES string of the molecule is COC(=O)C(C)(C)C(C)(C)NC(=O)[C@H](C)Oc1ccccc1C(F)(F)F. The molecule has 0 radical (unpaired) electrons. The predicted molar refractivity (Wildman–Crippen MR) is 89.6 cm³/mol. The van der Waals surface area contributed by atoms with Crippen LogP contribution < -0.4 is 10.1 Å². The molecule has 0 saturated heterocycles. The molecule has 8 heteroatoms. The molecule has 0 aliphatic heterocycles. The number of ether oxygens (including phenoxy) is 2. The number of halogens is 3. The van der Waals surface area contributed by atoms with Gasteiger partial charge < -0.3 is 14.8 Å². The van der Waals surface area contributed by atoms with Gasteiger partial charge in [-0.2, -0.15) is 13.2 Å². The van der Waals surface area contributed by atoms with Gasteiger partial charge in [0.2, 0.25) is 0 Å². The molecule has 26 heavy (non-hydrogen) atoms. The van der Waals surface area contributed by atoms with Gasteiger partial charge in [0, 0.05) is 0 Å². The van der Waals surface area contributed by atoms with Crippen molar-refractivity contribution in [3.63, 3.8) is 0 Å². The van der Waals surface area contributed by atoms with Gasteiger partial charge in [-0.05, 0) is 46.8 Å². The van der Waals surface area contributed by atoms with Crippen molar-refractivity contribution in [2.75, 3.05) is 7.11 Å². The Bertz CT molecular complexity index is 669. The molecule has 1 rings (SSSR count). The quantitative estimate of drug-likeness (QED) is 0.772. The van der Waals surface area contributed by atoms with Crippen LogP contribution in [0, 0.1) is 5.41 Å². The zero-order valence-electron chi connectivity index (χ0n) is 15.7. The third kappa shape index (κ3) is 4.68. The lowest BCUT2D eigenvalue weighted by Crippen LogP contribution is -2.59. The summed E-state index contributed by atoms with van der Waals surface area (Å²) < 4.78 is 49.0. The van der Waals surface area contributed by atoms with Gasteiger partial charge in [0.25, 0.3) is 5.91 Å². The lowest BCUT2D eigenvalue weighted by atomic mass is 9.74. The van der Waals surface area contributed by atoms with E-state index < -0.39 is 46.4 Å². The fraction of sp³-hybridized carbons (Fsp3) is 0.556. The summed E-state index contributed by atoms with van der Waals surface area (Å²) in [6.07, 6.45) is -5.80. The highest BCUT2D eigenvalue weighted by Crippen LogP contribution is 2.36. The Morgan fingerprint density at radius 1 is 1.08 bits per heavy atom. The van der Waals surface area contributed by atoms with E-state index in [2.05, 4.69) is 5.32 Å². The lowest BCUT2D eigenvalue weighted by molar-refractivity contribution is -0.156. The third-order valence-electron chi connectivity index (χ3n) is 4.56. The Kier molecular flexibility index (Phi) is 6.33. The van der Waals surface area contributed by atoms with Crippen LogP contribution in [0.1, 0.15) is 40.2 Å². The zero-order valence-corrected chi connectivity index (χ0v) is 15.7. The van der Waals surface area contributed by atoms with Crippen molar-refractivity contribution >= 4 is 11.9 Å². The number of carbonyl (C=O) groups is 2. The molecule has 0 spiro atoms. The molecule has 0 saturated carbocycles. The summed E-state index contributed by atoms with van der Waals surface area (Å²) in [4.78, 5) is 24.4. The maximum atomic E-state index is 13.0. The molecule has 0 unspecified atom stereocenters. The molecule has 0 bridgehead atoms. The smallest absolute Gasteiger partial charge is 0.419 e. The van der Waals surface area contributed by atoms with Crippen molar-refractivity contribution in [1.82, 2.24) is 5.32 Å². The molecule has 1 N–H and O–H groups in total. The first kappa shape index (κ1) is 21.8. The largest absolute Gasteiger partial charge is 0.480 e. The van der Waals surface area contributed by atoms with Crippen LogP contribution in [0.3, 0.4) is 0 Å². The summed E-state index contributed by atoms with van der Waals surface area (Å²) in [6, 6.07) is 4.66. The van der Waals surface area contributed by atoms with E-state index >= 15 is 0 Å². The second-order valence-corrected chi connectivity index (χ2v) is 6.98. The Morgan fingerprint density at radius 3 is 2.12 bits per heavy atom. The third-order valence-corrected chi connectivity index (χ3v) is 4.56. The molecule has 146 valence electrons. The summed E-state index contributed by atoms with van der Waals surface area (Å²) in [5.74, 6) is -1.62. The minimum atomic E-state index is -4.60. The van der Waals surface area contributed by atoms with Gasteiger partial charge in [-0.25, -0.2) is 0 Å². The average molecular weight is 375 g/mol. The van der Waals surface area contributed by atoms with Gasteiger partial charge in [0.15, 0.2) is 6.10 Å². The van der Waals surface area contributed by atoms with Crippen LogP contribution in [0.2, 0.25) is 0 Å². The first-order chi connectivity index (χ1) is 11.7. The zero-order chi connectivity index (χ0) is 20.3. The van der Waals surface area contributed by atoms with Crippen molar-refractivity contribution < 1.29 is 32.2 Å². The van der Waals surface area contributed by atoms with Crippen LogP contribution in [0.25, 0.3) is 0 Å². The second-order valence-electron chi connectivity index (χ2n) is 6.98. The molecule has 5 nitrogen and oxygen atoms in total. The maximum absolute atomic E-state index is 13.0. The van der Waals surface area contributed by atoms with Crippen molar-refractivity contribution in [3.05, 3.63) is 29.8 Å². The van der Waals surface area contributed by atoms with Crippen LogP contribution >= 0.6 is 0 Å². The Labute approximate surface area is 150 Å². The van der Waals surface area contributed by atoms with Crippen LogP contribution in [-0.2, 0) is 20.5 Å². The predicted octanol–water partition coefficient (Wildman–Crippen LogP) is 3.57. The number of esters is 1. The number of nitrogens with one attached hydrogen (secondary N) is 1. The number of rotatable bonds is 6. The van der Waals surface area contributed by atoms with Crippen LogP contribution in [0.15, 0.2) is 24.3 Å². The monoisotopic (exact) mass is 375 g/mol. The van der Waals surface area contributed by atoms with Gasteiger partial charge in [-0.3, -0.25) is 9.59 Å². The fourth-order valence-corrected chi connectivity index (χ4v) is 2.12. The number of alkyl halides is 3. The topological polar surface area (TPSA) is 64.6 Å². The van der Waals surface area contributed by atoms with E-state index in [0.717, 1.165) is 12.1 Å². The number of hydrogen-bond donors (Lipinski definition) is 1. The first-order valence-electron chi connectivity index (χ1n) is 7.97. The summed E-state index contributed by atoms with van der Waals surface area (Å²) in [7, 11) is 1.24. The summed E-state index contributed by atoms with van der Waals surface area (Å²) in [5, 5.41) is 2.64. The molecule has 1 aromatic carbocycles. The molecule has 0 fully saturated rings. The Balaban J connectivity index is 2.95. The number of para-hydroxylation sites is 1. The summed E-state index contributed by atoms with van der Waals surface area (Å²) in [5.41, 5.74) is -3.06. The minimum Gasteiger partial charge on any atom is -0.480 e. The van der Waals surface area contributed by atoms with Crippen LogP contribution in [0.4, 0.5) is 13.2 Å². The fourth-order valence-electron chi connectivity index (χ4n) is 2.12. The lowest BCUT2D eigenvalue weighted by Gasteiger charge is -2.40. The van der Waals surface area contributed by atoms with E-state index in [-0.39, 0.29) is 0 Å². The molecular weight excluding hydrogens is 351 g/mol. The normalized spacial score (nSPS) is 13.7. The summed E-state index contributed by atoms with van der Waals surface area (Å²) in [6.45, 7) is 7.79. The number of carbonyl (C=O) groups excluding carboxylic acids is 2. The van der Waals surface area contributed by atoms with Gasteiger partial charge in [-0.1, -0.05) is 12.1 Å². The average Bonchev–Trinajstić information content (AvgIpc) is 2.52. The Morgan fingerprint density at radius 2 is 1.62 bits per heavy atom. The van der Waals surface area contributed by atoms with E-state index in [1.54, 1.807) is 27.7 Å². The van der Waals surface area contributed by atoms with Crippen molar-refractivity contribution in [2.24, 2.45) is 5.41 Å². The highest BCUT2D eigenvalue weighted by molar-refractivity contribution is 5.84. The number of hydrogen-bond acceptors (Lipinski definition) is 4. The molecule has 1 atom stereocenters. The maximum Gasteiger partial charge on any atom is 0.419 e. The minimum absolute atomic E-state index is 0.437. The van der Waals surface area contributed by atoms with Crippen molar-refractivity contribution in [1.29, 1.82) is 0 Å². The Hall–Kier alpha value is -2.25. The highest BCUT2D eigenvalue weighted by atomic mass is 19.4. The van der Waals surface area contributed by atoms with E-state index in [1.807, 2.05) is 0 Å². The molecule has 1 amide bonds. The number of methoxy groups -OCH3 is 1. The van der Waals surface area contributed by atoms with Crippen LogP contribution in [-0.4, -0.2) is 30.6 Å². The van der Waals surface area contributed by atoms with E-state index in [9.17, 15) is 22.8 Å². The second kappa shape index (κ2) is 7.55. The van der Waals surface area contributed by atoms with Crippen molar-refractivity contribution in [3.8, 4) is 5.75 Å². The van der Waals surface area contributed by atoms with Crippen LogP contribution in [0.5, 0.6) is 5.75 Å². The first-order valence-corrected chi connectivity index (χ1v) is 7.97. The van der Waals surface area contributed by atoms with E-state index in [1.165, 1.54) is 26.2 Å². The van der Waals surface area contributed by atoms with Gasteiger partial charge in [-0.15, -0.1) is 0 Å².